The average Bonchev–Trinajstić information content (AvgIpc) is 2.37. The molecule has 0 spiro atoms. The number of carbonyl (C=O) groups is 3. The van der Waals surface area contributed by atoms with Crippen molar-refractivity contribution >= 4 is 23.5 Å². The molecule has 0 saturated heterocycles. The first-order valence-corrected chi connectivity index (χ1v) is 6.11. The Morgan fingerprint density at radius 2 is 1.70 bits per heavy atom. The van der Waals surface area contributed by atoms with Gasteiger partial charge in [0.15, 0.2) is 0 Å². The lowest BCUT2D eigenvalue weighted by Crippen LogP contribution is -2.29. The Kier molecular flexibility index (Phi) is 4.85. The van der Waals surface area contributed by atoms with Crippen LogP contribution in [0, 0.1) is 5.41 Å². The second-order valence-electron chi connectivity index (χ2n) is 5.07. The number of nitrogens with one attached hydrogen (secondary N) is 2. The minimum Gasteiger partial charge on any atom is -0.481 e. The standard InChI is InChI=1S/C14H18N2O4/c1-14(2,13(19)20)8-11(17)16-10-6-4-9(5-7-10)12(18)15-3/h4-7H,8H2,1-3H3,(H,15,18)(H,16,17)(H,19,20). The number of carboxylic acids is 1. The monoisotopic (exact) mass is 278 g/mol. The molecular formula is C14H18N2O4. The number of aliphatic carboxylic acids is 1. The van der Waals surface area contributed by atoms with Crippen molar-refractivity contribution in [3.8, 4) is 0 Å². The quantitative estimate of drug-likeness (QED) is 0.760. The van der Waals surface area contributed by atoms with Crippen LogP contribution in [-0.4, -0.2) is 29.9 Å². The molecule has 3 N–H and O–H groups in total. The fraction of sp³-hybridized carbons (Fsp3) is 0.357. The average molecular weight is 278 g/mol. The molecule has 6 nitrogen and oxygen atoms in total. The number of hydrogen-bond acceptors (Lipinski definition) is 3. The van der Waals surface area contributed by atoms with Gasteiger partial charge in [-0.1, -0.05) is 0 Å². The Morgan fingerprint density at radius 3 is 2.15 bits per heavy atom. The summed E-state index contributed by atoms with van der Waals surface area (Å²) in [6, 6.07) is 6.35. The number of rotatable bonds is 5. The molecule has 0 bridgehead atoms. The van der Waals surface area contributed by atoms with Crippen LogP contribution in [0.5, 0.6) is 0 Å². The maximum Gasteiger partial charge on any atom is 0.309 e. The van der Waals surface area contributed by atoms with Gasteiger partial charge in [0.25, 0.3) is 5.91 Å². The van der Waals surface area contributed by atoms with Crippen LogP contribution < -0.4 is 10.6 Å². The summed E-state index contributed by atoms with van der Waals surface area (Å²) in [7, 11) is 1.53. The third-order valence-electron chi connectivity index (χ3n) is 2.84. The fourth-order valence-corrected chi connectivity index (χ4v) is 1.53. The first-order valence-electron chi connectivity index (χ1n) is 6.11. The van der Waals surface area contributed by atoms with E-state index in [4.69, 9.17) is 5.11 Å². The van der Waals surface area contributed by atoms with Crippen LogP contribution in [-0.2, 0) is 9.59 Å². The van der Waals surface area contributed by atoms with Crippen molar-refractivity contribution in [3.63, 3.8) is 0 Å². The summed E-state index contributed by atoms with van der Waals surface area (Å²) in [5.41, 5.74) is -0.119. The van der Waals surface area contributed by atoms with Gasteiger partial charge >= 0.3 is 5.97 Å². The molecule has 2 amide bonds. The van der Waals surface area contributed by atoms with E-state index in [1.165, 1.54) is 20.9 Å². The van der Waals surface area contributed by atoms with E-state index >= 15 is 0 Å². The molecule has 108 valence electrons. The summed E-state index contributed by atoms with van der Waals surface area (Å²) in [5.74, 6) is -1.62. The molecule has 0 aliphatic heterocycles. The Labute approximate surface area is 117 Å². The minimum atomic E-state index is -1.12. The van der Waals surface area contributed by atoms with Gasteiger partial charge < -0.3 is 15.7 Å². The summed E-state index contributed by atoms with van der Waals surface area (Å²) in [4.78, 5) is 34.0. The Balaban J connectivity index is 2.68. The molecule has 0 saturated carbocycles. The topological polar surface area (TPSA) is 95.5 Å². The van der Waals surface area contributed by atoms with Gasteiger partial charge in [-0.2, -0.15) is 0 Å². The number of benzene rings is 1. The van der Waals surface area contributed by atoms with Gasteiger partial charge in [-0.25, -0.2) is 0 Å². The maximum absolute atomic E-state index is 11.8. The smallest absolute Gasteiger partial charge is 0.309 e. The molecular weight excluding hydrogens is 260 g/mol. The van der Waals surface area contributed by atoms with Crippen LogP contribution in [0.15, 0.2) is 24.3 Å². The second kappa shape index (κ2) is 6.18. The molecule has 0 fully saturated rings. The number of amides is 2. The Morgan fingerprint density at radius 1 is 1.15 bits per heavy atom. The highest BCUT2D eigenvalue weighted by Gasteiger charge is 2.30. The summed E-state index contributed by atoms with van der Waals surface area (Å²) >= 11 is 0. The van der Waals surface area contributed by atoms with E-state index in [1.54, 1.807) is 24.3 Å². The molecule has 1 aromatic carbocycles. The lowest BCUT2D eigenvalue weighted by Gasteiger charge is -2.18. The van der Waals surface area contributed by atoms with Gasteiger partial charge in [-0.3, -0.25) is 14.4 Å². The Bertz CT molecular complexity index is 520. The van der Waals surface area contributed by atoms with Crippen molar-refractivity contribution in [1.29, 1.82) is 0 Å². The first kappa shape index (κ1) is 15.7. The highest BCUT2D eigenvalue weighted by Crippen LogP contribution is 2.21. The van der Waals surface area contributed by atoms with Gasteiger partial charge in [0.05, 0.1) is 5.41 Å². The van der Waals surface area contributed by atoms with Crippen molar-refractivity contribution in [2.75, 3.05) is 12.4 Å². The van der Waals surface area contributed by atoms with Gasteiger partial charge in [0.1, 0.15) is 0 Å². The van der Waals surface area contributed by atoms with Crippen LogP contribution >= 0.6 is 0 Å². The zero-order valence-corrected chi connectivity index (χ0v) is 11.7. The van der Waals surface area contributed by atoms with Crippen molar-refractivity contribution in [3.05, 3.63) is 29.8 Å². The molecule has 1 rings (SSSR count). The summed E-state index contributed by atoms with van der Waals surface area (Å²) in [5, 5.41) is 14.1. The molecule has 0 heterocycles. The number of hydrogen-bond donors (Lipinski definition) is 3. The first-order chi connectivity index (χ1) is 9.26. The largest absolute Gasteiger partial charge is 0.481 e. The van der Waals surface area contributed by atoms with Gasteiger partial charge in [-0.05, 0) is 38.1 Å². The van der Waals surface area contributed by atoms with E-state index < -0.39 is 11.4 Å². The van der Waals surface area contributed by atoms with E-state index in [9.17, 15) is 14.4 Å². The van der Waals surface area contributed by atoms with Crippen molar-refractivity contribution in [2.24, 2.45) is 5.41 Å². The lowest BCUT2D eigenvalue weighted by molar-refractivity contribution is -0.148. The van der Waals surface area contributed by atoms with E-state index in [-0.39, 0.29) is 18.2 Å². The van der Waals surface area contributed by atoms with Crippen molar-refractivity contribution in [2.45, 2.75) is 20.3 Å². The molecule has 0 atom stereocenters. The minimum absolute atomic E-state index is 0.125. The van der Waals surface area contributed by atoms with Crippen LogP contribution in [0.4, 0.5) is 5.69 Å². The molecule has 0 radical (unpaired) electrons. The zero-order valence-electron chi connectivity index (χ0n) is 11.7. The van der Waals surface area contributed by atoms with Gasteiger partial charge in [-0.15, -0.1) is 0 Å². The molecule has 0 unspecified atom stereocenters. The molecule has 0 aliphatic carbocycles. The van der Waals surface area contributed by atoms with Crippen LogP contribution in [0.3, 0.4) is 0 Å². The lowest BCUT2D eigenvalue weighted by atomic mass is 9.89. The normalized spacial score (nSPS) is 10.8. The second-order valence-corrected chi connectivity index (χ2v) is 5.07. The summed E-state index contributed by atoms with van der Waals surface area (Å²) in [6.45, 7) is 2.98. The molecule has 1 aromatic rings. The fourth-order valence-electron chi connectivity index (χ4n) is 1.53. The SMILES string of the molecule is CNC(=O)c1ccc(NC(=O)CC(C)(C)C(=O)O)cc1. The molecule has 6 heteroatoms. The van der Waals surface area contributed by atoms with Gasteiger partial charge in [0.2, 0.25) is 5.91 Å². The summed E-state index contributed by atoms with van der Waals surface area (Å²) in [6.07, 6.45) is -0.125. The third-order valence-corrected chi connectivity index (χ3v) is 2.84. The van der Waals surface area contributed by atoms with Crippen LogP contribution in [0.1, 0.15) is 30.6 Å². The van der Waals surface area contributed by atoms with Gasteiger partial charge in [0, 0.05) is 24.7 Å². The maximum atomic E-state index is 11.8. The third kappa shape index (κ3) is 4.08. The van der Waals surface area contributed by atoms with Crippen LogP contribution in [0.2, 0.25) is 0 Å². The predicted octanol–water partition coefficient (Wildman–Crippen LogP) is 1.49. The Hall–Kier alpha value is -2.37. The van der Waals surface area contributed by atoms with Crippen molar-refractivity contribution in [1.82, 2.24) is 5.32 Å². The van der Waals surface area contributed by atoms with E-state index in [2.05, 4.69) is 10.6 Å². The van der Waals surface area contributed by atoms with E-state index in [0.717, 1.165) is 0 Å². The van der Waals surface area contributed by atoms with Crippen LogP contribution in [0.25, 0.3) is 0 Å². The number of carboxylic acid groups (broad SMARTS) is 1. The summed E-state index contributed by atoms with van der Waals surface area (Å²) < 4.78 is 0. The molecule has 0 aromatic heterocycles. The predicted molar refractivity (Wildman–Crippen MR) is 74.5 cm³/mol. The molecule has 20 heavy (non-hydrogen) atoms. The number of anilines is 1. The highest BCUT2D eigenvalue weighted by atomic mass is 16.4. The van der Waals surface area contributed by atoms with E-state index in [0.29, 0.717) is 11.3 Å². The van der Waals surface area contributed by atoms with Crippen molar-refractivity contribution < 1.29 is 19.5 Å². The zero-order chi connectivity index (χ0) is 15.3. The number of carbonyl (C=O) groups excluding carboxylic acids is 2. The highest BCUT2D eigenvalue weighted by molar-refractivity contribution is 5.96. The molecule has 0 aliphatic rings. The van der Waals surface area contributed by atoms with E-state index in [1.807, 2.05) is 0 Å².